The van der Waals surface area contributed by atoms with Crippen LogP contribution in [0.4, 0.5) is 0 Å². The summed E-state index contributed by atoms with van der Waals surface area (Å²) in [4.78, 5) is 48.2. The SMILES string of the molecule is COC(=O)[C@H](CC(C)C)NC(=O)COC(=O)Cc1nn(C)c(=O)c2ccccc12. The highest BCUT2D eigenvalue weighted by Gasteiger charge is 2.23. The summed E-state index contributed by atoms with van der Waals surface area (Å²) in [6, 6.07) is 6.02. The third-order valence-electron chi connectivity index (χ3n) is 4.24. The molecule has 1 aromatic carbocycles. The van der Waals surface area contributed by atoms with E-state index >= 15 is 0 Å². The highest BCUT2D eigenvalue weighted by atomic mass is 16.5. The number of nitrogens with one attached hydrogen (secondary N) is 1. The van der Waals surface area contributed by atoms with Gasteiger partial charge in [0.25, 0.3) is 11.5 Å². The molecule has 1 heterocycles. The summed E-state index contributed by atoms with van der Waals surface area (Å²) in [7, 11) is 2.74. The molecule has 0 aliphatic carbocycles. The first-order valence-electron chi connectivity index (χ1n) is 9.20. The summed E-state index contributed by atoms with van der Waals surface area (Å²) in [6.07, 6.45) is 0.203. The summed E-state index contributed by atoms with van der Waals surface area (Å²) >= 11 is 0. The fourth-order valence-electron chi connectivity index (χ4n) is 2.90. The second-order valence-corrected chi connectivity index (χ2v) is 7.03. The fraction of sp³-hybridized carbons (Fsp3) is 0.450. The van der Waals surface area contributed by atoms with Gasteiger partial charge in [-0.1, -0.05) is 32.0 Å². The van der Waals surface area contributed by atoms with Gasteiger partial charge in [0.1, 0.15) is 6.04 Å². The van der Waals surface area contributed by atoms with Gasteiger partial charge in [-0.2, -0.15) is 5.10 Å². The molecule has 29 heavy (non-hydrogen) atoms. The van der Waals surface area contributed by atoms with Crippen molar-refractivity contribution in [2.75, 3.05) is 13.7 Å². The normalized spacial score (nSPS) is 11.9. The van der Waals surface area contributed by atoms with E-state index in [2.05, 4.69) is 15.2 Å². The number of nitrogens with zero attached hydrogens (tertiary/aromatic N) is 2. The van der Waals surface area contributed by atoms with Crippen molar-refractivity contribution in [3.05, 3.63) is 40.3 Å². The zero-order valence-corrected chi connectivity index (χ0v) is 16.9. The molecular formula is C20H25N3O6. The minimum absolute atomic E-state index is 0.158. The van der Waals surface area contributed by atoms with Crippen LogP contribution in [0.25, 0.3) is 10.8 Å². The van der Waals surface area contributed by atoms with Crippen LogP contribution in [0.1, 0.15) is 26.0 Å². The molecule has 0 radical (unpaired) electrons. The molecule has 1 atom stereocenters. The van der Waals surface area contributed by atoms with E-state index in [0.717, 1.165) is 4.68 Å². The Morgan fingerprint density at radius 3 is 2.45 bits per heavy atom. The molecule has 0 saturated heterocycles. The molecule has 1 aromatic heterocycles. The van der Waals surface area contributed by atoms with E-state index in [1.54, 1.807) is 24.3 Å². The number of amides is 1. The van der Waals surface area contributed by atoms with Gasteiger partial charge in [-0.15, -0.1) is 0 Å². The monoisotopic (exact) mass is 403 g/mol. The maximum Gasteiger partial charge on any atom is 0.328 e. The van der Waals surface area contributed by atoms with Crippen molar-refractivity contribution in [3.8, 4) is 0 Å². The third-order valence-corrected chi connectivity index (χ3v) is 4.24. The topological polar surface area (TPSA) is 117 Å². The Labute approximate surface area is 168 Å². The number of hydrogen-bond acceptors (Lipinski definition) is 7. The number of methoxy groups -OCH3 is 1. The van der Waals surface area contributed by atoms with E-state index in [4.69, 9.17) is 4.74 Å². The number of aryl methyl sites for hydroxylation is 1. The number of carbonyl (C=O) groups is 3. The van der Waals surface area contributed by atoms with Crippen molar-refractivity contribution in [2.45, 2.75) is 32.7 Å². The van der Waals surface area contributed by atoms with Gasteiger partial charge in [0.2, 0.25) is 0 Å². The number of benzene rings is 1. The Bertz CT molecular complexity index is 966. The summed E-state index contributed by atoms with van der Waals surface area (Å²) in [5.74, 6) is -1.67. The molecule has 1 N–H and O–H groups in total. The standard InChI is InChI=1S/C20H25N3O6/c1-12(2)9-16(20(27)28-4)21-17(24)11-29-18(25)10-15-13-7-5-6-8-14(13)19(26)23(3)22-15/h5-8,12,16H,9-11H2,1-4H3,(H,21,24)/t16-/m0/s1. The number of esters is 2. The molecular weight excluding hydrogens is 378 g/mol. The van der Waals surface area contributed by atoms with Crippen LogP contribution in [0.3, 0.4) is 0 Å². The van der Waals surface area contributed by atoms with Crippen LogP contribution in [0, 0.1) is 5.92 Å². The molecule has 9 nitrogen and oxygen atoms in total. The van der Waals surface area contributed by atoms with Crippen LogP contribution in [-0.4, -0.2) is 47.4 Å². The minimum Gasteiger partial charge on any atom is -0.467 e. The van der Waals surface area contributed by atoms with Crippen molar-refractivity contribution in [3.63, 3.8) is 0 Å². The van der Waals surface area contributed by atoms with E-state index in [0.29, 0.717) is 22.9 Å². The third kappa shape index (κ3) is 5.87. The second kappa shape index (κ2) is 9.81. The first kappa shape index (κ1) is 22.1. The lowest BCUT2D eigenvalue weighted by Gasteiger charge is -2.18. The van der Waals surface area contributed by atoms with Gasteiger partial charge in [-0.05, 0) is 18.4 Å². The lowest BCUT2D eigenvalue weighted by Crippen LogP contribution is -2.44. The summed E-state index contributed by atoms with van der Waals surface area (Å²) in [5, 5.41) is 7.64. The molecule has 0 saturated carbocycles. The Balaban J connectivity index is 2.00. The molecule has 0 aliphatic rings. The van der Waals surface area contributed by atoms with E-state index in [9.17, 15) is 19.2 Å². The first-order valence-corrected chi connectivity index (χ1v) is 9.20. The number of carbonyl (C=O) groups excluding carboxylic acids is 3. The maximum absolute atomic E-state index is 12.2. The van der Waals surface area contributed by atoms with Crippen LogP contribution in [0.5, 0.6) is 0 Å². The molecule has 9 heteroatoms. The van der Waals surface area contributed by atoms with E-state index in [-0.39, 0.29) is 17.9 Å². The average Bonchev–Trinajstić information content (AvgIpc) is 2.69. The molecule has 156 valence electrons. The van der Waals surface area contributed by atoms with Gasteiger partial charge in [0, 0.05) is 12.4 Å². The van der Waals surface area contributed by atoms with Gasteiger partial charge in [-0.25, -0.2) is 9.48 Å². The summed E-state index contributed by atoms with van der Waals surface area (Å²) in [5.41, 5.74) is 0.108. The van der Waals surface area contributed by atoms with Crippen LogP contribution < -0.4 is 10.9 Å². The average molecular weight is 403 g/mol. The van der Waals surface area contributed by atoms with Gasteiger partial charge >= 0.3 is 11.9 Å². The number of rotatable bonds is 8. The van der Waals surface area contributed by atoms with Crippen LogP contribution in [-0.2, 0) is 37.3 Å². The van der Waals surface area contributed by atoms with Crippen LogP contribution >= 0.6 is 0 Å². The van der Waals surface area contributed by atoms with E-state index in [1.807, 2.05) is 13.8 Å². The number of aromatic nitrogens is 2. The molecule has 0 bridgehead atoms. The zero-order valence-electron chi connectivity index (χ0n) is 16.9. The van der Waals surface area contributed by atoms with Crippen molar-refractivity contribution in [2.24, 2.45) is 13.0 Å². The maximum atomic E-state index is 12.2. The van der Waals surface area contributed by atoms with E-state index in [1.165, 1.54) is 14.2 Å². The van der Waals surface area contributed by atoms with Gasteiger partial charge in [0.05, 0.1) is 24.6 Å². The Morgan fingerprint density at radius 1 is 1.17 bits per heavy atom. The fourth-order valence-corrected chi connectivity index (χ4v) is 2.90. The predicted octanol–water partition coefficient (Wildman–Crippen LogP) is 0.723. The van der Waals surface area contributed by atoms with Gasteiger partial charge < -0.3 is 14.8 Å². The quantitative estimate of drug-likeness (QED) is 0.646. The number of hydrogen-bond donors (Lipinski definition) is 1. The smallest absolute Gasteiger partial charge is 0.328 e. The van der Waals surface area contributed by atoms with E-state index < -0.39 is 30.5 Å². The number of ether oxygens (including phenoxy) is 2. The van der Waals surface area contributed by atoms with Crippen molar-refractivity contribution >= 4 is 28.6 Å². The Kier molecular flexibility index (Phi) is 7.46. The van der Waals surface area contributed by atoms with Gasteiger partial charge in [0.15, 0.2) is 6.61 Å². The molecule has 2 rings (SSSR count). The molecule has 2 aromatic rings. The molecule has 0 unspecified atom stereocenters. The molecule has 0 aliphatic heterocycles. The minimum atomic E-state index is -0.805. The predicted molar refractivity (Wildman–Crippen MR) is 105 cm³/mol. The Morgan fingerprint density at radius 2 is 1.83 bits per heavy atom. The highest BCUT2D eigenvalue weighted by Crippen LogP contribution is 2.14. The molecule has 1 amide bonds. The lowest BCUT2D eigenvalue weighted by molar-refractivity contribution is -0.150. The second-order valence-electron chi connectivity index (χ2n) is 7.03. The number of fused-ring (bicyclic) bond motifs is 1. The largest absolute Gasteiger partial charge is 0.467 e. The highest BCUT2D eigenvalue weighted by molar-refractivity contribution is 5.88. The Hall–Kier alpha value is -3.23. The molecule has 0 fully saturated rings. The first-order chi connectivity index (χ1) is 13.7. The van der Waals surface area contributed by atoms with Crippen LogP contribution in [0.15, 0.2) is 29.1 Å². The summed E-state index contributed by atoms with van der Waals surface area (Å²) < 4.78 is 10.9. The van der Waals surface area contributed by atoms with Crippen molar-refractivity contribution in [1.82, 2.24) is 15.1 Å². The van der Waals surface area contributed by atoms with Crippen molar-refractivity contribution in [1.29, 1.82) is 0 Å². The van der Waals surface area contributed by atoms with Crippen LogP contribution in [0.2, 0.25) is 0 Å². The lowest BCUT2D eigenvalue weighted by atomic mass is 10.0. The summed E-state index contributed by atoms with van der Waals surface area (Å²) in [6.45, 7) is 3.29. The van der Waals surface area contributed by atoms with Crippen molar-refractivity contribution < 1.29 is 23.9 Å². The van der Waals surface area contributed by atoms with Gasteiger partial charge in [-0.3, -0.25) is 14.4 Å². The molecule has 0 spiro atoms. The zero-order chi connectivity index (χ0) is 21.6.